The Kier molecular flexibility index (Phi) is 19.9. The molecule has 0 aliphatic heterocycles. The van der Waals surface area contributed by atoms with Crippen LogP contribution in [0.15, 0.2) is 0 Å². The van der Waals surface area contributed by atoms with Crippen molar-refractivity contribution >= 4 is 5.97 Å². The van der Waals surface area contributed by atoms with Gasteiger partial charge in [-0.2, -0.15) is 0 Å². The first-order valence-corrected chi connectivity index (χ1v) is 14.2. The van der Waals surface area contributed by atoms with E-state index in [2.05, 4.69) is 13.8 Å². The molecular formula is C28H56O7. The van der Waals surface area contributed by atoms with Crippen LogP contribution in [-0.2, 0) is 14.3 Å². The van der Waals surface area contributed by atoms with Gasteiger partial charge in [-0.25, -0.2) is 4.79 Å². The lowest BCUT2D eigenvalue weighted by Crippen LogP contribution is -2.68. The predicted octanol–water partition coefficient (Wildman–Crippen LogP) is 5.62. The fourth-order valence-electron chi connectivity index (χ4n) is 4.83. The number of hydrogen-bond donors (Lipinski definition) is 4. The highest BCUT2D eigenvalue weighted by Gasteiger charge is 2.60. The molecule has 35 heavy (non-hydrogen) atoms. The summed E-state index contributed by atoms with van der Waals surface area (Å²) in [5.41, 5.74) is -3.57. The molecular weight excluding hydrogens is 448 g/mol. The van der Waals surface area contributed by atoms with Crippen LogP contribution in [0.4, 0.5) is 0 Å². The Bertz CT molecular complexity index is 516. The number of ether oxygens (including phenoxy) is 2. The average molecular weight is 505 g/mol. The van der Waals surface area contributed by atoms with E-state index >= 15 is 0 Å². The van der Waals surface area contributed by atoms with Crippen LogP contribution in [0, 0.1) is 0 Å². The molecule has 0 saturated carbocycles. The Labute approximate surface area is 214 Å². The lowest BCUT2D eigenvalue weighted by atomic mass is 9.73. The molecule has 0 heterocycles. The van der Waals surface area contributed by atoms with Crippen molar-refractivity contribution in [1.82, 2.24) is 0 Å². The van der Waals surface area contributed by atoms with Gasteiger partial charge in [0.15, 0.2) is 5.60 Å². The van der Waals surface area contributed by atoms with Gasteiger partial charge < -0.3 is 29.9 Å². The molecule has 0 amide bonds. The predicted molar refractivity (Wildman–Crippen MR) is 141 cm³/mol. The largest absolute Gasteiger partial charge is 0.479 e. The number of aliphatic hydroxyl groups is 3. The summed E-state index contributed by atoms with van der Waals surface area (Å²) in [6.07, 6.45) is 14.5. The molecule has 210 valence electrons. The van der Waals surface area contributed by atoms with Crippen LogP contribution < -0.4 is 0 Å². The van der Waals surface area contributed by atoms with Crippen molar-refractivity contribution in [2.24, 2.45) is 0 Å². The number of carboxylic acid groups (broad SMARTS) is 1. The van der Waals surface area contributed by atoms with Crippen LogP contribution in [0.3, 0.4) is 0 Å². The number of aliphatic carboxylic acids is 1. The highest BCUT2D eigenvalue weighted by Crippen LogP contribution is 2.40. The van der Waals surface area contributed by atoms with Gasteiger partial charge in [0.25, 0.3) is 0 Å². The Morgan fingerprint density at radius 2 is 1.20 bits per heavy atom. The van der Waals surface area contributed by atoms with Gasteiger partial charge in [0, 0.05) is 13.7 Å². The third-order valence-corrected chi connectivity index (χ3v) is 7.41. The number of unbranched alkanes of at least 4 members (excludes halogenated alkanes) is 14. The molecule has 0 bridgehead atoms. The highest BCUT2D eigenvalue weighted by atomic mass is 16.6. The Balaban J connectivity index is 5.26. The quantitative estimate of drug-likeness (QED) is 0.119. The van der Waals surface area contributed by atoms with Gasteiger partial charge in [-0.05, 0) is 19.8 Å². The van der Waals surface area contributed by atoms with Gasteiger partial charge in [0.1, 0.15) is 17.8 Å². The van der Waals surface area contributed by atoms with Crippen LogP contribution in [0.2, 0.25) is 0 Å². The van der Waals surface area contributed by atoms with Gasteiger partial charge in [-0.15, -0.1) is 0 Å². The molecule has 0 saturated heterocycles. The molecule has 0 aromatic carbocycles. The maximum Gasteiger partial charge on any atom is 0.338 e. The SMILES string of the molecule is CCCCCCCCCCOC(CCCCCCCCCC)(C(O)C(O)CO)C(C)(OC)C(=O)O. The number of methoxy groups -OCH3 is 1. The van der Waals surface area contributed by atoms with Crippen LogP contribution in [0.5, 0.6) is 0 Å². The van der Waals surface area contributed by atoms with E-state index in [4.69, 9.17) is 9.47 Å². The second kappa shape index (κ2) is 20.3. The average Bonchev–Trinajstić information content (AvgIpc) is 2.86. The van der Waals surface area contributed by atoms with Gasteiger partial charge in [-0.3, -0.25) is 0 Å². The molecule has 4 N–H and O–H groups in total. The monoisotopic (exact) mass is 504 g/mol. The third-order valence-electron chi connectivity index (χ3n) is 7.41. The lowest BCUT2D eigenvalue weighted by molar-refractivity contribution is -0.257. The van der Waals surface area contributed by atoms with Crippen molar-refractivity contribution in [2.75, 3.05) is 20.3 Å². The number of rotatable bonds is 25. The summed E-state index contributed by atoms with van der Waals surface area (Å²) in [5, 5.41) is 41.0. The minimum atomic E-state index is -1.89. The number of aliphatic hydroxyl groups excluding tert-OH is 3. The maximum atomic E-state index is 12.3. The number of hydrogen-bond acceptors (Lipinski definition) is 6. The fraction of sp³-hybridized carbons (Fsp3) is 0.964. The zero-order chi connectivity index (χ0) is 26.6. The molecule has 4 atom stereocenters. The second-order valence-electron chi connectivity index (χ2n) is 10.2. The molecule has 4 unspecified atom stereocenters. The summed E-state index contributed by atoms with van der Waals surface area (Å²) in [6.45, 7) is 5.34. The summed E-state index contributed by atoms with van der Waals surface area (Å²) in [4.78, 5) is 12.3. The van der Waals surface area contributed by atoms with Crippen molar-refractivity contribution in [3.8, 4) is 0 Å². The summed E-state index contributed by atoms with van der Waals surface area (Å²) >= 11 is 0. The van der Waals surface area contributed by atoms with E-state index in [1.807, 2.05) is 0 Å². The van der Waals surface area contributed by atoms with Gasteiger partial charge >= 0.3 is 5.97 Å². The van der Waals surface area contributed by atoms with E-state index < -0.39 is 36.0 Å². The first kappa shape index (κ1) is 34.3. The smallest absolute Gasteiger partial charge is 0.338 e. The summed E-state index contributed by atoms with van der Waals surface area (Å²) in [5.74, 6) is -1.26. The summed E-state index contributed by atoms with van der Waals surface area (Å²) in [7, 11) is 1.29. The molecule has 0 rings (SSSR count). The Hall–Kier alpha value is -0.730. The van der Waals surface area contributed by atoms with Crippen molar-refractivity contribution < 1.29 is 34.7 Å². The fourth-order valence-corrected chi connectivity index (χ4v) is 4.83. The number of carboxylic acids is 1. The second-order valence-corrected chi connectivity index (χ2v) is 10.2. The normalized spacial score (nSPS) is 17.0. The van der Waals surface area contributed by atoms with Crippen molar-refractivity contribution in [3.63, 3.8) is 0 Å². The highest BCUT2D eigenvalue weighted by molar-refractivity contribution is 5.79. The molecule has 7 nitrogen and oxygen atoms in total. The number of carbonyl (C=O) groups is 1. The van der Waals surface area contributed by atoms with E-state index in [0.29, 0.717) is 6.42 Å². The van der Waals surface area contributed by atoms with Crippen LogP contribution in [0.1, 0.15) is 130 Å². The van der Waals surface area contributed by atoms with Crippen LogP contribution >= 0.6 is 0 Å². The topological polar surface area (TPSA) is 116 Å². The van der Waals surface area contributed by atoms with Gasteiger partial charge in [-0.1, -0.05) is 110 Å². The Morgan fingerprint density at radius 3 is 1.60 bits per heavy atom. The van der Waals surface area contributed by atoms with E-state index in [-0.39, 0.29) is 13.0 Å². The lowest BCUT2D eigenvalue weighted by Gasteiger charge is -2.48. The van der Waals surface area contributed by atoms with E-state index in [1.165, 1.54) is 71.8 Å². The first-order chi connectivity index (χ1) is 16.8. The summed E-state index contributed by atoms with van der Waals surface area (Å²) < 4.78 is 11.7. The third kappa shape index (κ3) is 11.9. The van der Waals surface area contributed by atoms with E-state index in [9.17, 15) is 25.2 Å². The summed E-state index contributed by atoms with van der Waals surface area (Å²) in [6, 6.07) is 0. The molecule has 0 radical (unpaired) electrons. The molecule has 0 aromatic heterocycles. The Morgan fingerprint density at radius 1 is 0.771 bits per heavy atom. The minimum absolute atomic E-state index is 0.216. The van der Waals surface area contributed by atoms with Gasteiger partial charge in [0.2, 0.25) is 0 Å². The van der Waals surface area contributed by atoms with E-state index in [0.717, 1.165) is 38.5 Å². The zero-order valence-electron chi connectivity index (χ0n) is 23.1. The molecule has 7 heteroatoms. The minimum Gasteiger partial charge on any atom is -0.479 e. The van der Waals surface area contributed by atoms with Crippen molar-refractivity contribution in [1.29, 1.82) is 0 Å². The first-order valence-electron chi connectivity index (χ1n) is 14.2. The van der Waals surface area contributed by atoms with Gasteiger partial charge in [0.05, 0.1) is 6.61 Å². The van der Waals surface area contributed by atoms with Crippen LogP contribution in [-0.4, -0.2) is 70.1 Å². The molecule has 0 aromatic rings. The van der Waals surface area contributed by atoms with Crippen LogP contribution in [0.25, 0.3) is 0 Å². The van der Waals surface area contributed by atoms with Crippen molar-refractivity contribution in [3.05, 3.63) is 0 Å². The molecule has 0 fully saturated rings. The van der Waals surface area contributed by atoms with E-state index in [1.54, 1.807) is 0 Å². The molecule has 0 aliphatic rings. The molecule has 0 spiro atoms. The standard InChI is InChI=1S/C28H56O7/c1-5-7-9-11-13-15-17-19-21-28(25(31)24(30)23-29,27(3,34-4)26(32)33)35-22-20-18-16-14-12-10-8-6-2/h24-25,29-31H,5-23H2,1-4H3,(H,32,33). The molecule has 0 aliphatic carbocycles. The maximum absolute atomic E-state index is 12.3. The van der Waals surface area contributed by atoms with Crippen molar-refractivity contribution in [2.45, 2.75) is 153 Å². The zero-order valence-corrected chi connectivity index (χ0v) is 23.1.